The normalized spacial score (nSPS) is 11.5. The van der Waals surface area contributed by atoms with E-state index in [1.54, 1.807) is 24.3 Å². The molecule has 0 saturated carbocycles. The quantitative estimate of drug-likeness (QED) is 0.464. The predicted octanol–water partition coefficient (Wildman–Crippen LogP) is 5.57. The van der Waals surface area contributed by atoms with Gasteiger partial charge in [-0.15, -0.1) is 0 Å². The molecule has 0 aliphatic carbocycles. The third-order valence-corrected chi connectivity index (χ3v) is 6.12. The molecule has 2 N–H and O–H groups in total. The maximum Gasteiger partial charge on any atom is 0.262 e. The van der Waals surface area contributed by atoms with E-state index in [0.717, 1.165) is 21.2 Å². The number of hydrogen-bond donors (Lipinski definition) is 2. The number of benzene rings is 3. The second kappa shape index (κ2) is 10.3. The molecule has 0 bridgehead atoms. The van der Waals surface area contributed by atoms with E-state index in [4.69, 9.17) is 4.74 Å². The van der Waals surface area contributed by atoms with Gasteiger partial charge in [-0.2, -0.15) is 0 Å². The summed E-state index contributed by atoms with van der Waals surface area (Å²) in [7, 11) is 0. The predicted molar refractivity (Wildman–Crippen MR) is 127 cm³/mol. The third kappa shape index (κ3) is 5.95. The highest BCUT2D eigenvalue weighted by atomic mass is 79.9. The van der Waals surface area contributed by atoms with Crippen LogP contribution in [0.1, 0.15) is 40.0 Å². The molecule has 5 nitrogen and oxygen atoms in total. The number of carbonyl (C=O) groups is 2. The highest BCUT2D eigenvalue weighted by molar-refractivity contribution is 9.10. The van der Waals surface area contributed by atoms with Crippen LogP contribution in [-0.2, 0) is 4.79 Å². The maximum absolute atomic E-state index is 12.8. The number of carbonyl (C=O) groups excluding carboxylic acids is 2. The molecule has 2 amide bonds. The molecule has 0 saturated heterocycles. The molecule has 0 fully saturated rings. The first-order chi connectivity index (χ1) is 14.8. The van der Waals surface area contributed by atoms with Gasteiger partial charge in [0, 0.05) is 4.47 Å². The van der Waals surface area contributed by atoms with E-state index in [0.29, 0.717) is 17.0 Å². The van der Waals surface area contributed by atoms with Gasteiger partial charge in [-0.3, -0.25) is 9.59 Å². The topological polar surface area (TPSA) is 67.4 Å². The van der Waals surface area contributed by atoms with Crippen molar-refractivity contribution in [3.63, 3.8) is 0 Å². The molecule has 6 heteroatoms. The number of hydrogen-bond acceptors (Lipinski definition) is 3. The fourth-order valence-corrected chi connectivity index (χ4v) is 3.44. The van der Waals surface area contributed by atoms with Gasteiger partial charge in [0.25, 0.3) is 11.8 Å². The Bertz CT molecular complexity index is 1060. The van der Waals surface area contributed by atoms with Gasteiger partial charge in [0.05, 0.1) is 17.3 Å². The van der Waals surface area contributed by atoms with Crippen molar-refractivity contribution in [2.24, 2.45) is 0 Å². The summed E-state index contributed by atoms with van der Waals surface area (Å²) in [5.74, 6) is 0.0259. The molecule has 3 aromatic carbocycles. The number of para-hydroxylation sites is 1. The highest BCUT2D eigenvalue weighted by Crippen LogP contribution is 2.26. The van der Waals surface area contributed by atoms with E-state index in [1.165, 1.54) is 0 Å². The Kier molecular flexibility index (Phi) is 7.47. The Morgan fingerprint density at radius 2 is 1.58 bits per heavy atom. The zero-order chi connectivity index (χ0) is 22.4. The Labute approximate surface area is 191 Å². The van der Waals surface area contributed by atoms with Gasteiger partial charge in [-0.05, 0) is 61.7 Å². The minimum atomic E-state index is -0.338. The number of rotatable bonds is 7. The standard InChI is InChI=1S/C25H25BrN2O3/c1-16-13-20(14-17(2)24(16)26)31-15-23(29)28-22-12-8-7-11-21(22)25(30)27-18(3)19-9-5-4-6-10-19/h4-14,18H,15H2,1-3H3,(H,27,30)(H,28,29). The van der Waals surface area contributed by atoms with E-state index in [9.17, 15) is 9.59 Å². The minimum Gasteiger partial charge on any atom is -0.484 e. The van der Waals surface area contributed by atoms with E-state index in [-0.39, 0.29) is 24.5 Å². The van der Waals surface area contributed by atoms with E-state index in [1.807, 2.05) is 63.2 Å². The molecule has 1 atom stereocenters. The van der Waals surface area contributed by atoms with E-state index >= 15 is 0 Å². The molecule has 0 heterocycles. The number of ether oxygens (including phenoxy) is 1. The van der Waals surface area contributed by atoms with Crippen LogP contribution in [0.3, 0.4) is 0 Å². The first-order valence-corrected chi connectivity index (χ1v) is 10.8. The molecule has 0 spiro atoms. The first-order valence-electron chi connectivity index (χ1n) is 9.99. The second-order valence-electron chi connectivity index (χ2n) is 7.36. The van der Waals surface area contributed by atoms with E-state index in [2.05, 4.69) is 26.6 Å². The molecule has 3 rings (SSSR count). The lowest BCUT2D eigenvalue weighted by atomic mass is 10.1. The van der Waals surface area contributed by atoms with E-state index < -0.39 is 0 Å². The summed E-state index contributed by atoms with van der Waals surface area (Å²) in [6.45, 7) is 5.70. The fourth-order valence-electron chi connectivity index (χ4n) is 3.21. The summed E-state index contributed by atoms with van der Waals surface area (Å²) in [6, 6.07) is 20.2. The van der Waals surface area contributed by atoms with Crippen LogP contribution in [0.5, 0.6) is 5.75 Å². The smallest absolute Gasteiger partial charge is 0.262 e. The SMILES string of the molecule is Cc1cc(OCC(=O)Nc2ccccc2C(=O)NC(C)c2ccccc2)cc(C)c1Br. The number of halogens is 1. The van der Waals surface area contributed by atoms with Crippen LogP contribution in [0.25, 0.3) is 0 Å². The fraction of sp³-hybridized carbons (Fsp3) is 0.200. The number of anilines is 1. The van der Waals surface area contributed by atoms with Crippen LogP contribution in [0, 0.1) is 13.8 Å². The van der Waals surface area contributed by atoms with Crippen molar-refractivity contribution in [3.05, 3.63) is 93.5 Å². The van der Waals surface area contributed by atoms with Crippen molar-refractivity contribution in [1.82, 2.24) is 5.32 Å². The number of amides is 2. The lowest BCUT2D eigenvalue weighted by molar-refractivity contribution is -0.118. The molecule has 1 unspecified atom stereocenters. The molecule has 3 aromatic rings. The highest BCUT2D eigenvalue weighted by Gasteiger charge is 2.16. The lowest BCUT2D eigenvalue weighted by Gasteiger charge is -2.16. The van der Waals surface area contributed by atoms with Gasteiger partial charge in [0.1, 0.15) is 5.75 Å². The average Bonchev–Trinajstić information content (AvgIpc) is 2.76. The largest absolute Gasteiger partial charge is 0.484 e. The molecule has 31 heavy (non-hydrogen) atoms. The molecule has 160 valence electrons. The Morgan fingerprint density at radius 1 is 0.968 bits per heavy atom. The summed E-state index contributed by atoms with van der Waals surface area (Å²) in [6.07, 6.45) is 0. The van der Waals surface area contributed by atoms with Crippen LogP contribution in [-0.4, -0.2) is 18.4 Å². The van der Waals surface area contributed by atoms with Crippen molar-refractivity contribution in [2.45, 2.75) is 26.8 Å². The van der Waals surface area contributed by atoms with Gasteiger partial charge in [-0.25, -0.2) is 0 Å². The molecular weight excluding hydrogens is 456 g/mol. The van der Waals surface area contributed by atoms with Gasteiger partial charge >= 0.3 is 0 Å². The summed E-state index contributed by atoms with van der Waals surface area (Å²) in [5, 5.41) is 5.76. The van der Waals surface area contributed by atoms with Crippen molar-refractivity contribution >= 4 is 33.4 Å². The van der Waals surface area contributed by atoms with Crippen LogP contribution < -0.4 is 15.4 Å². The maximum atomic E-state index is 12.8. The Morgan fingerprint density at radius 3 is 2.26 bits per heavy atom. The molecule has 0 aliphatic rings. The summed E-state index contributed by atoms with van der Waals surface area (Å²) >= 11 is 3.52. The Hall–Kier alpha value is -3.12. The minimum absolute atomic E-state index is 0.156. The van der Waals surface area contributed by atoms with Crippen LogP contribution in [0.2, 0.25) is 0 Å². The molecule has 0 aliphatic heterocycles. The van der Waals surface area contributed by atoms with Crippen LogP contribution in [0.4, 0.5) is 5.69 Å². The summed E-state index contributed by atoms with van der Waals surface area (Å²) in [4.78, 5) is 25.3. The lowest BCUT2D eigenvalue weighted by Crippen LogP contribution is -2.28. The van der Waals surface area contributed by atoms with Gasteiger partial charge < -0.3 is 15.4 Å². The average molecular weight is 481 g/mol. The molecule has 0 radical (unpaired) electrons. The molecular formula is C25H25BrN2O3. The number of aryl methyl sites for hydroxylation is 2. The van der Waals surface area contributed by atoms with Crippen molar-refractivity contribution in [2.75, 3.05) is 11.9 Å². The summed E-state index contributed by atoms with van der Waals surface area (Å²) < 4.78 is 6.67. The van der Waals surface area contributed by atoms with Crippen molar-refractivity contribution in [3.8, 4) is 5.75 Å². The van der Waals surface area contributed by atoms with Gasteiger partial charge in [0.15, 0.2) is 6.61 Å². The molecule has 0 aromatic heterocycles. The third-order valence-electron chi connectivity index (χ3n) is 4.87. The zero-order valence-electron chi connectivity index (χ0n) is 17.7. The van der Waals surface area contributed by atoms with Gasteiger partial charge in [-0.1, -0.05) is 58.4 Å². The second-order valence-corrected chi connectivity index (χ2v) is 8.15. The first kappa shape index (κ1) is 22.6. The van der Waals surface area contributed by atoms with Crippen LogP contribution >= 0.6 is 15.9 Å². The number of nitrogens with one attached hydrogen (secondary N) is 2. The van der Waals surface area contributed by atoms with Crippen molar-refractivity contribution < 1.29 is 14.3 Å². The van der Waals surface area contributed by atoms with Gasteiger partial charge in [0.2, 0.25) is 0 Å². The summed E-state index contributed by atoms with van der Waals surface area (Å²) in [5.41, 5.74) is 3.91. The monoisotopic (exact) mass is 480 g/mol. The van der Waals surface area contributed by atoms with Crippen LogP contribution in [0.15, 0.2) is 71.2 Å². The van der Waals surface area contributed by atoms with Crippen molar-refractivity contribution in [1.29, 1.82) is 0 Å². The zero-order valence-corrected chi connectivity index (χ0v) is 19.3. The Balaban J connectivity index is 1.64.